The van der Waals surface area contributed by atoms with Crippen molar-refractivity contribution in [3.8, 4) is 0 Å². The average Bonchev–Trinajstić information content (AvgIpc) is 3.21. The molecule has 1 aromatic carbocycles. The molecule has 1 heterocycles. The fourth-order valence-electron chi connectivity index (χ4n) is 3.55. The van der Waals surface area contributed by atoms with Gasteiger partial charge in [-0.15, -0.1) is 0 Å². The lowest BCUT2D eigenvalue weighted by atomic mass is 10.1. The Morgan fingerprint density at radius 2 is 1.81 bits per heavy atom. The molecule has 5 heteroatoms. The first kappa shape index (κ1) is 21.7. The van der Waals surface area contributed by atoms with Crippen LogP contribution in [-0.4, -0.2) is 68.6 Å². The molecule has 0 radical (unpaired) electrons. The molecule has 0 aromatic heterocycles. The molecule has 1 aliphatic heterocycles. The summed E-state index contributed by atoms with van der Waals surface area (Å²) in [6.45, 7) is 9.87. The van der Waals surface area contributed by atoms with Crippen molar-refractivity contribution in [1.29, 1.82) is 0 Å². The standard InChI is InChI=1S/C22H39N5/c1-19(2)26(4)15-9-8-14-24-22(23-3)25-18-21(27-16-10-11-17-27)20-12-6-5-7-13-20/h5-7,12-13,19,21H,8-11,14-18H2,1-4H3,(H2,23,24,25). The third kappa shape index (κ3) is 7.51. The number of hydrogen-bond donors (Lipinski definition) is 2. The molecule has 2 rings (SSSR count). The van der Waals surface area contributed by atoms with Crippen molar-refractivity contribution in [1.82, 2.24) is 20.4 Å². The molecule has 1 aromatic rings. The predicted molar refractivity (Wildman–Crippen MR) is 116 cm³/mol. The van der Waals surface area contributed by atoms with Crippen molar-refractivity contribution in [2.24, 2.45) is 4.99 Å². The summed E-state index contributed by atoms with van der Waals surface area (Å²) in [7, 11) is 4.05. The van der Waals surface area contributed by atoms with E-state index in [9.17, 15) is 0 Å². The van der Waals surface area contributed by atoms with E-state index >= 15 is 0 Å². The van der Waals surface area contributed by atoms with E-state index in [2.05, 4.69) is 76.7 Å². The van der Waals surface area contributed by atoms with Crippen LogP contribution in [0.1, 0.15) is 51.1 Å². The summed E-state index contributed by atoms with van der Waals surface area (Å²) in [6.07, 6.45) is 4.98. The van der Waals surface area contributed by atoms with Crippen molar-refractivity contribution in [3.63, 3.8) is 0 Å². The van der Waals surface area contributed by atoms with Gasteiger partial charge in [0.2, 0.25) is 0 Å². The molecule has 0 bridgehead atoms. The first-order chi connectivity index (χ1) is 13.1. The van der Waals surface area contributed by atoms with E-state index in [4.69, 9.17) is 0 Å². The van der Waals surface area contributed by atoms with E-state index in [0.717, 1.165) is 32.0 Å². The molecular formula is C22H39N5. The monoisotopic (exact) mass is 373 g/mol. The van der Waals surface area contributed by atoms with E-state index in [0.29, 0.717) is 12.1 Å². The minimum Gasteiger partial charge on any atom is -0.356 e. The number of nitrogens with one attached hydrogen (secondary N) is 2. The van der Waals surface area contributed by atoms with Gasteiger partial charge in [-0.05, 0) is 71.8 Å². The molecule has 0 amide bonds. The lowest BCUT2D eigenvalue weighted by Gasteiger charge is -2.29. The van der Waals surface area contributed by atoms with Crippen LogP contribution in [0.25, 0.3) is 0 Å². The number of benzene rings is 1. The van der Waals surface area contributed by atoms with Gasteiger partial charge in [-0.3, -0.25) is 9.89 Å². The smallest absolute Gasteiger partial charge is 0.191 e. The van der Waals surface area contributed by atoms with Gasteiger partial charge in [0, 0.05) is 26.2 Å². The zero-order chi connectivity index (χ0) is 19.5. The summed E-state index contributed by atoms with van der Waals surface area (Å²) < 4.78 is 0. The zero-order valence-corrected chi connectivity index (χ0v) is 17.7. The van der Waals surface area contributed by atoms with Crippen molar-refractivity contribution in [2.45, 2.75) is 51.6 Å². The first-order valence-corrected chi connectivity index (χ1v) is 10.6. The average molecular weight is 374 g/mol. The second-order valence-corrected chi connectivity index (χ2v) is 7.83. The Hall–Kier alpha value is -1.59. The van der Waals surface area contributed by atoms with Crippen molar-refractivity contribution in [2.75, 3.05) is 46.8 Å². The Morgan fingerprint density at radius 3 is 2.44 bits per heavy atom. The van der Waals surface area contributed by atoms with Gasteiger partial charge in [-0.1, -0.05) is 30.3 Å². The highest BCUT2D eigenvalue weighted by Crippen LogP contribution is 2.24. The molecule has 5 nitrogen and oxygen atoms in total. The number of rotatable bonds is 10. The van der Waals surface area contributed by atoms with Gasteiger partial charge in [0.15, 0.2) is 5.96 Å². The number of guanidine groups is 1. The number of likely N-dealkylation sites (tertiary alicyclic amines) is 1. The van der Waals surface area contributed by atoms with E-state index in [1.165, 1.54) is 37.9 Å². The summed E-state index contributed by atoms with van der Waals surface area (Å²) >= 11 is 0. The van der Waals surface area contributed by atoms with Crippen LogP contribution >= 0.6 is 0 Å². The number of hydrogen-bond acceptors (Lipinski definition) is 3. The van der Waals surface area contributed by atoms with Gasteiger partial charge in [0.05, 0.1) is 6.04 Å². The maximum atomic E-state index is 4.41. The molecule has 1 aliphatic rings. The zero-order valence-electron chi connectivity index (χ0n) is 17.7. The van der Waals surface area contributed by atoms with Gasteiger partial charge in [0.25, 0.3) is 0 Å². The maximum absolute atomic E-state index is 4.41. The SMILES string of the molecule is CN=C(NCCCCN(C)C(C)C)NCC(c1ccccc1)N1CCCC1. The van der Waals surface area contributed by atoms with Crippen LogP contribution in [-0.2, 0) is 0 Å². The van der Waals surface area contributed by atoms with Crippen molar-refractivity contribution >= 4 is 5.96 Å². The fourth-order valence-corrected chi connectivity index (χ4v) is 3.55. The molecule has 27 heavy (non-hydrogen) atoms. The molecule has 2 N–H and O–H groups in total. The normalized spacial score (nSPS) is 16.9. The quantitative estimate of drug-likeness (QED) is 0.376. The number of aliphatic imine (C=N–C) groups is 1. The first-order valence-electron chi connectivity index (χ1n) is 10.6. The fraction of sp³-hybridized carbons (Fsp3) is 0.682. The van der Waals surface area contributed by atoms with Gasteiger partial charge in [-0.2, -0.15) is 0 Å². The van der Waals surface area contributed by atoms with Crippen LogP contribution in [0.5, 0.6) is 0 Å². The summed E-state index contributed by atoms with van der Waals surface area (Å²) in [5.74, 6) is 0.910. The molecule has 1 fully saturated rings. The largest absolute Gasteiger partial charge is 0.356 e. The van der Waals surface area contributed by atoms with Crippen LogP contribution in [0.3, 0.4) is 0 Å². The maximum Gasteiger partial charge on any atom is 0.191 e. The van der Waals surface area contributed by atoms with Gasteiger partial charge in [-0.25, -0.2) is 0 Å². The minimum atomic E-state index is 0.409. The second-order valence-electron chi connectivity index (χ2n) is 7.83. The summed E-state index contributed by atoms with van der Waals surface area (Å²) in [6, 6.07) is 11.9. The van der Waals surface area contributed by atoms with E-state index in [1.54, 1.807) is 0 Å². The van der Waals surface area contributed by atoms with Gasteiger partial charge >= 0.3 is 0 Å². The van der Waals surface area contributed by atoms with Crippen LogP contribution < -0.4 is 10.6 Å². The molecule has 0 aliphatic carbocycles. The second kappa shape index (κ2) is 12.0. The van der Waals surface area contributed by atoms with Crippen molar-refractivity contribution in [3.05, 3.63) is 35.9 Å². The lowest BCUT2D eigenvalue weighted by Crippen LogP contribution is -2.43. The Kier molecular flexibility index (Phi) is 9.64. The minimum absolute atomic E-state index is 0.409. The molecule has 0 saturated carbocycles. The highest BCUT2D eigenvalue weighted by atomic mass is 15.2. The van der Waals surface area contributed by atoms with E-state index in [1.807, 2.05) is 7.05 Å². The summed E-state index contributed by atoms with van der Waals surface area (Å²) in [4.78, 5) is 9.40. The Labute approximate surface area is 166 Å². The molecular weight excluding hydrogens is 334 g/mol. The molecule has 0 spiro atoms. The van der Waals surface area contributed by atoms with Crippen LogP contribution in [0.15, 0.2) is 35.3 Å². The van der Waals surface area contributed by atoms with Gasteiger partial charge < -0.3 is 15.5 Å². The molecule has 1 unspecified atom stereocenters. The highest BCUT2D eigenvalue weighted by Gasteiger charge is 2.23. The number of nitrogens with zero attached hydrogens (tertiary/aromatic N) is 3. The molecule has 1 saturated heterocycles. The van der Waals surface area contributed by atoms with Crippen molar-refractivity contribution < 1.29 is 0 Å². The van der Waals surface area contributed by atoms with Crippen LogP contribution in [0.4, 0.5) is 0 Å². The van der Waals surface area contributed by atoms with Crippen LogP contribution in [0, 0.1) is 0 Å². The molecule has 1 atom stereocenters. The van der Waals surface area contributed by atoms with E-state index in [-0.39, 0.29) is 0 Å². The highest BCUT2D eigenvalue weighted by molar-refractivity contribution is 5.79. The summed E-state index contributed by atoms with van der Waals surface area (Å²) in [5.41, 5.74) is 1.39. The lowest BCUT2D eigenvalue weighted by molar-refractivity contribution is 0.245. The Morgan fingerprint density at radius 1 is 1.11 bits per heavy atom. The third-order valence-electron chi connectivity index (χ3n) is 5.56. The Bertz CT molecular complexity index is 537. The molecule has 152 valence electrons. The topological polar surface area (TPSA) is 42.9 Å². The summed E-state index contributed by atoms with van der Waals surface area (Å²) in [5, 5.41) is 7.02. The van der Waals surface area contributed by atoms with Crippen LogP contribution in [0.2, 0.25) is 0 Å². The number of unbranched alkanes of at least 4 members (excludes halogenated alkanes) is 1. The predicted octanol–water partition coefficient (Wildman–Crippen LogP) is 3.11. The third-order valence-corrected chi connectivity index (χ3v) is 5.56. The van der Waals surface area contributed by atoms with E-state index < -0.39 is 0 Å². The van der Waals surface area contributed by atoms with Gasteiger partial charge in [0.1, 0.15) is 0 Å². The Balaban J connectivity index is 1.77.